The molecule has 4 N–H and O–H groups in total. The highest BCUT2D eigenvalue weighted by Crippen LogP contribution is 2.25. The zero-order valence-electron chi connectivity index (χ0n) is 28.3. The topological polar surface area (TPSA) is 163 Å². The molecule has 256 valence electrons. The Morgan fingerprint density at radius 3 is 2.28 bits per heavy atom. The third kappa shape index (κ3) is 11.4. The van der Waals surface area contributed by atoms with Crippen molar-refractivity contribution < 1.29 is 38.6 Å². The zero-order chi connectivity index (χ0) is 34.9. The molecule has 1 aliphatic heterocycles. The standard InChI is InChI=1S/C35H48N4O8/c1-21(2)30(31(41)36-23(4)32(42)39-19-9-12-28(38-39)33(43)44)46-29(40)18-15-24-13-16-25(17-14-24)27-11-8-10-26(20-27)22(3)37-34(45)47-35(5,6)7/h8,10-11,13-14,16-17,20-23,28,30,38H,9,12,15,18-19H2,1-7H3,(H,36,41)(H,37,45)(H,43,44). The molecule has 1 aliphatic rings. The summed E-state index contributed by atoms with van der Waals surface area (Å²) in [5.74, 6) is -3.00. The van der Waals surface area contributed by atoms with Crippen molar-refractivity contribution in [1.82, 2.24) is 21.1 Å². The van der Waals surface area contributed by atoms with Crippen LogP contribution in [0, 0.1) is 5.92 Å². The monoisotopic (exact) mass is 652 g/mol. The minimum atomic E-state index is -1.10. The molecular weight excluding hydrogens is 604 g/mol. The SMILES string of the molecule is CC(NC(=O)C(OC(=O)CCc1ccc(-c2cccc(C(C)NC(=O)OC(C)(C)C)c2)cc1)C(C)C)C(=O)N1CCCC(C(=O)O)N1. The van der Waals surface area contributed by atoms with Gasteiger partial charge in [-0.3, -0.25) is 24.2 Å². The molecule has 2 aromatic rings. The number of hydrogen-bond donors (Lipinski definition) is 4. The van der Waals surface area contributed by atoms with Gasteiger partial charge in [-0.25, -0.2) is 10.2 Å². The highest BCUT2D eigenvalue weighted by atomic mass is 16.6. The molecule has 0 aromatic heterocycles. The summed E-state index contributed by atoms with van der Waals surface area (Å²) < 4.78 is 10.9. The molecule has 2 aromatic carbocycles. The third-order valence-electron chi connectivity index (χ3n) is 7.63. The predicted molar refractivity (Wildman–Crippen MR) is 176 cm³/mol. The van der Waals surface area contributed by atoms with Crippen molar-refractivity contribution in [2.45, 2.75) is 104 Å². The number of carboxylic acids is 1. The maximum absolute atomic E-state index is 13.0. The Morgan fingerprint density at radius 2 is 1.66 bits per heavy atom. The summed E-state index contributed by atoms with van der Waals surface area (Å²) in [6, 6.07) is 13.6. The van der Waals surface area contributed by atoms with E-state index in [0.29, 0.717) is 25.8 Å². The number of alkyl carbamates (subject to hydrolysis) is 1. The first kappa shape index (κ1) is 37.0. The molecule has 12 heteroatoms. The van der Waals surface area contributed by atoms with Gasteiger partial charge in [0.25, 0.3) is 11.8 Å². The number of nitrogens with one attached hydrogen (secondary N) is 3. The van der Waals surface area contributed by atoms with E-state index < -0.39 is 53.6 Å². The summed E-state index contributed by atoms with van der Waals surface area (Å²) in [4.78, 5) is 62.1. The fraction of sp³-hybridized carbons (Fsp3) is 0.514. The number of carbonyl (C=O) groups is 5. The van der Waals surface area contributed by atoms with Crippen LogP contribution in [0.2, 0.25) is 0 Å². The van der Waals surface area contributed by atoms with Crippen LogP contribution < -0.4 is 16.1 Å². The number of carboxylic acid groups (broad SMARTS) is 1. The predicted octanol–water partition coefficient (Wildman–Crippen LogP) is 4.52. The van der Waals surface area contributed by atoms with Crippen molar-refractivity contribution in [1.29, 1.82) is 0 Å². The van der Waals surface area contributed by atoms with Gasteiger partial charge in [0.1, 0.15) is 17.7 Å². The summed E-state index contributed by atoms with van der Waals surface area (Å²) in [6.07, 6.45) is -0.192. The van der Waals surface area contributed by atoms with E-state index in [-0.39, 0.29) is 18.4 Å². The van der Waals surface area contributed by atoms with Crippen LogP contribution in [0.1, 0.15) is 84.9 Å². The number of rotatable bonds is 12. The molecular formula is C35H48N4O8. The molecule has 1 heterocycles. The Kier molecular flexibility index (Phi) is 12.9. The quantitative estimate of drug-likeness (QED) is 0.241. The van der Waals surface area contributed by atoms with Crippen molar-refractivity contribution >= 4 is 29.8 Å². The van der Waals surface area contributed by atoms with Gasteiger partial charge >= 0.3 is 18.0 Å². The fourth-order valence-corrected chi connectivity index (χ4v) is 5.07. The number of nitrogens with zero attached hydrogens (tertiary/aromatic N) is 1. The molecule has 3 rings (SSSR count). The van der Waals surface area contributed by atoms with Gasteiger partial charge in [-0.2, -0.15) is 0 Å². The second-order valence-electron chi connectivity index (χ2n) is 13.2. The van der Waals surface area contributed by atoms with Crippen LogP contribution >= 0.6 is 0 Å². The second-order valence-corrected chi connectivity index (χ2v) is 13.2. The first-order valence-corrected chi connectivity index (χ1v) is 16.0. The van der Waals surface area contributed by atoms with Gasteiger partial charge in [0.2, 0.25) is 0 Å². The Hall–Kier alpha value is -4.45. The van der Waals surface area contributed by atoms with Gasteiger partial charge in [0, 0.05) is 13.0 Å². The molecule has 1 fully saturated rings. The lowest BCUT2D eigenvalue weighted by Crippen LogP contribution is -2.60. The largest absolute Gasteiger partial charge is 0.480 e. The number of aryl methyl sites for hydroxylation is 1. The fourth-order valence-electron chi connectivity index (χ4n) is 5.07. The average Bonchev–Trinajstić information content (AvgIpc) is 3.01. The van der Waals surface area contributed by atoms with E-state index in [0.717, 1.165) is 22.3 Å². The average molecular weight is 653 g/mol. The van der Waals surface area contributed by atoms with E-state index in [4.69, 9.17) is 9.47 Å². The third-order valence-corrected chi connectivity index (χ3v) is 7.63. The summed E-state index contributed by atoms with van der Waals surface area (Å²) in [5.41, 5.74) is 5.89. The lowest BCUT2D eigenvalue weighted by atomic mass is 9.98. The Bertz CT molecular complexity index is 1420. The number of hydrazine groups is 1. The maximum atomic E-state index is 13.0. The van der Waals surface area contributed by atoms with E-state index in [9.17, 15) is 29.1 Å². The molecule has 3 amide bonds. The molecule has 0 radical (unpaired) electrons. The van der Waals surface area contributed by atoms with Crippen LogP contribution in [-0.4, -0.2) is 70.3 Å². The number of carbonyl (C=O) groups excluding carboxylic acids is 4. The van der Waals surface area contributed by atoms with E-state index in [1.54, 1.807) is 13.8 Å². The number of hydrogen-bond acceptors (Lipinski definition) is 8. The molecule has 0 spiro atoms. The molecule has 0 saturated carbocycles. The molecule has 0 aliphatic carbocycles. The van der Waals surface area contributed by atoms with Crippen LogP contribution in [0.25, 0.3) is 11.1 Å². The minimum Gasteiger partial charge on any atom is -0.480 e. The van der Waals surface area contributed by atoms with Gasteiger partial charge < -0.3 is 25.2 Å². The van der Waals surface area contributed by atoms with Gasteiger partial charge in [0.05, 0.1) is 6.04 Å². The van der Waals surface area contributed by atoms with E-state index in [2.05, 4.69) is 16.1 Å². The van der Waals surface area contributed by atoms with Gasteiger partial charge in [0.15, 0.2) is 6.10 Å². The summed E-state index contributed by atoms with van der Waals surface area (Å²) in [6.45, 7) is 12.7. The first-order valence-electron chi connectivity index (χ1n) is 16.0. The van der Waals surface area contributed by atoms with Gasteiger partial charge in [-0.15, -0.1) is 0 Å². The summed E-state index contributed by atoms with van der Waals surface area (Å²) in [7, 11) is 0. The van der Waals surface area contributed by atoms with Crippen LogP contribution in [0.15, 0.2) is 48.5 Å². The Labute approximate surface area is 276 Å². The van der Waals surface area contributed by atoms with Crippen LogP contribution in [0.4, 0.5) is 4.79 Å². The first-order chi connectivity index (χ1) is 22.0. The van der Waals surface area contributed by atoms with Crippen LogP contribution in [-0.2, 0) is 35.1 Å². The molecule has 4 unspecified atom stereocenters. The van der Waals surface area contributed by atoms with Crippen molar-refractivity contribution in [3.8, 4) is 11.1 Å². The Morgan fingerprint density at radius 1 is 0.979 bits per heavy atom. The number of amides is 3. The highest BCUT2D eigenvalue weighted by Gasteiger charge is 2.33. The summed E-state index contributed by atoms with van der Waals surface area (Å²) in [5, 5.41) is 15.9. The van der Waals surface area contributed by atoms with Crippen molar-refractivity contribution in [3.05, 3.63) is 59.7 Å². The lowest BCUT2D eigenvalue weighted by molar-refractivity contribution is -0.159. The summed E-state index contributed by atoms with van der Waals surface area (Å²) >= 11 is 0. The lowest BCUT2D eigenvalue weighted by Gasteiger charge is -2.34. The molecule has 4 atom stereocenters. The maximum Gasteiger partial charge on any atom is 0.408 e. The van der Waals surface area contributed by atoms with Crippen molar-refractivity contribution in [2.24, 2.45) is 5.92 Å². The van der Waals surface area contributed by atoms with Crippen molar-refractivity contribution in [2.75, 3.05) is 6.54 Å². The smallest absolute Gasteiger partial charge is 0.408 e. The molecule has 47 heavy (non-hydrogen) atoms. The second kappa shape index (κ2) is 16.4. The highest BCUT2D eigenvalue weighted by molar-refractivity contribution is 5.90. The van der Waals surface area contributed by atoms with E-state index in [1.165, 1.54) is 11.9 Å². The number of ether oxygens (including phenoxy) is 2. The Balaban J connectivity index is 1.53. The molecule has 1 saturated heterocycles. The molecule has 0 bridgehead atoms. The zero-order valence-corrected chi connectivity index (χ0v) is 28.3. The number of benzene rings is 2. The van der Waals surface area contributed by atoms with Crippen molar-refractivity contribution in [3.63, 3.8) is 0 Å². The molecule has 12 nitrogen and oxygen atoms in total. The van der Waals surface area contributed by atoms with Crippen LogP contribution in [0.5, 0.6) is 0 Å². The van der Waals surface area contributed by atoms with Gasteiger partial charge in [-0.05, 0) is 88.1 Å². The van der Waals surface area contributed by atoms with E-state index >= 15 is 0 Å². The van der Waals surface area contributed by atoms with Crippen LogP contribution in [0.3, 0.4) is 0 Å². The van der Waals surface area contributed by atoms with Gasteiger partial charge in [-0.1, -0.05) is 56.3 Å². The number of esters is 1. The normalized spacial score (nSPS) is 16.9. The number of aliphatic carboxylic acids is 1. The minimum absolute atomic E-state index is 0.0575. The van der Waals surface area contributed by atoms with E-state index in [1.807, 2.05) is 76.2 Å².